The fourth-order valence-corrected chi connectivity index (χ4v) is 4.79. The number of fused-ring (bicyclic) bond motifs is 1. The molecule has 1 atom stereocenters. The number of carbonyl (C=O) groups is 3. The van der Waals surface area contributed by atoms with Gasteiger partial charge in [0.25, 0.3) is 0 Å². The molecule has 0 saturated heterocycles. The van der Waals surface area contributed by atoms with Crippen LogP contribution in [-0.4, -0.2) is 27.2 Å². The maximum atomic E-state index is 13.3. The monoisotopic (exact) mass is 501 g/mol. The Morgan fingerprint density at radius 2 is 1.68 bits per heavy atom. The van der Waals surface area contributed by atoms with Gasteiger partial charge in [-0.3, -0.25) is 14.4 Å². The standard InChI is InChI=1S/C27H29Cl2NO4/c1-17(14-26(33)34)13-25(32)27-21-16-20(29)11-12-22(21)30(2)23(27)9-4-3-5-10-24(31)18-7-6-8-19(28)15-18/h6-8,11-12,15-17H,3-5,9-10,13-14H2,1-2H3,(H,33,34)/t17-/m0/s1. The second kappa shape index (κ2) is 11.7. The number of halogens is 2. The molecule has 1 aromatic heterocycles. The van der Waals surface area contributed by atoms with Crippen LogP contribution in [0.5, 0.6) is 0 Å². The third kappa shape index (κ3) is 6.49. The SMILES string of the molecule is C[C@H](CC(=O)O)CC(=O)c1c(CCCCCC(=O)c2cccc(Cl)c2)n(C)c2ccc(Cl)cc12. The van der Waals surface area contributed by atoms with Crippen LogP contribution in [0.15, 0.2) is 42.5 Å². The number of hydrogen-bond donors (Lipinski definition) is 1. The average molecular weight is 502 g/mol. The molecule has 2 aromatic carbocycles. The number of Topliss-reactive ketones (excluding diaryl/α,β-unsaturated/α-hetero) is 2. The van der Waals surface area contributed by atoms with E-state index in [0.717, 1.165) is 35.9 Å². The zero-order valence-corrected chi connectivity index (χ0v) is 21.0. The molecule has 7 heteroatoms. The van der Waals surface area contributed by atoms with Gasteiger partial charge < -0.3 is 9.67 Å². The van der Waals surface area contributed by atoms with Crippen molar-refractivity contribution in [1.29, 1.82) is 0 Å². The molecular formula is C27H29Cl2NO4. The highest BCUT2D eigenvalue weighted by Gasteiger charge is 2.23. The molecule has 0 radical (unpaired) electrons. The third-order valence-corrected chi connectivity index (χ3v) is 6.55. The molecule has 0 amide bonds. The number of benzene rings is 2. The molecule has 1 heterocycles. The number of carboxylic acid groups (broad SMARTS) is 1. The summed E-state index contributed by atoms with van der Waals surface area (Å²) in [5.41, 5.74) is 3.10. The summed E-state index contributed by atoms with van der Waals surface area (Å²) in [5.74, 6) is -1.16. The lowest BCUT2D eigenvalue weighted by molar-refractivity contribution is -0.137. The maximum absolute atomic E-state index is 13.3. The van der Waals surface area contributed by atoms with E-state index in [-0.39, 0.29) is 30.3 Å². The molecule has 180 valence electrons. The molecule has 0 bridgehead atoms. The molecule has 0 fully saturated rings. The number of nitrogens with zero attached hydrogens (tertiary/aromatic N) is 1. The lowest BCUT2D eigenvalue weighted by atomic mass is 9.94. The van der Waals surface area contributed by atoms with E-state index in [2.05, 4.69) is 0 Å². The molecule has 5 nitrogen and oxygen atoms in total. The van der Waals surface area contributed by atoms with Crippen molar-refractivity contribution in [1.82, 2.24) is 4.57 Å². The second-order valence-electron chi connectivity index (χ2n) is 8.87. The Balaban J connectivity index is 1.70. The number of carboxylic acids is 1. The number of aromatic nitrogens is 1. The fourth-order valence-electron chi connectivity index (χ4n) is 4.42. The Kier molecular flexibility index (Phi) is 8.92. The van der Waals surface area contributed by atoms with Crippen LogP contribution in [0.25, 0.3) is 10.9 Å². The van der Waals surface area contributed by atoms with E-state index in [1.165, 1.54) is 0 Å². The van der Waals surface area contributed by atoms with Gasteiger partial charge >= 0.3 is 5.97 Å². The highest BCUT2D eigenvalue weighted by molar-refractivity contribution is 6.31. The third-order valence-electron chi connectivity index (χ3n) is 6.08. The topological polar surface area (TPSA) is 76.4 Å². The smallest absolute Gasteiger partial charge is 0.303 e. The number of aryl methyl sites for hydroxylation is 1. The Labute approximate surface area is 209 Å². The van der Waals surface area contributed by atoms with Gasteiger partial charge in [0.15, 0.2) is 11.6 Å². The van der Waals surface area contributed by atoms with Crippen molar-refractivity contribution in [2.75, 3.05) is 0 Å². The summed E-state index contributed by atoms with van der Waals surface area (Å²) in [7, 11) is 1.94. The molecule has 3 rings (SSSR count). The van der Waals surface area contributed by atoms with Crippen molar-refractivity contribution >= 4 is 51.6 Å². The quantitative estimate of drug-likeness (QED) is 0.211. The predicted molar refractivity (Wildman–Crippen MR) is 136 cm³/mol. The van der Waals surface area contributed by atoms with Crippen LogP contribution < -0.4 is 0 Å². The summed E-state index contributed by atoms with van der Waals surface area (Å²) in [4.78, 5) is 36.7. The number of ketones is 2. The molecule has 3 aromatic rings. The van der Waals surface area contributed by atoms with Crippen LogP contribution in [-0.2, 0) is 18.3 Å². The van der Waals surface area contributed by atoms with Gasteiger partial charge in [0.2, 0.25) is 0 Å². The van der Waals surface area contributed by atoms with Crippen LogP contribution in [0.4, 0.5) is 0 Å². The summed E-state index contributed by atoms with van der Waals surface area (Å²) in [5, 5.41) is 11.0. The van der Waals surface area contributed by atoms with E-state index in [1.54, 1.807) is 43.3 Å². The first kappa shape index (κ1) is 26.0. The first-order valence-electron chi connectivity index (χ1n) is 11.5. The molecule has 0 aliphatic heterocycles. The zero-order valence-electron chi connectivity index (χ0n) is 19.4. The summed E-state index contributed by atoms with van der Waals surface area (Å²) in [6.45, 7) is 1.78. The van der Waals surface area contributed by atoms with Crippen molar-refractivity contribution in [3.63, 3.8) is 0 Å². The van der Waals surface area contributed by atoms with Crippen molar-refractivity contribution in [2.45, 2.75) is 51.9 Å². The number of hydrogen-bond acceptors (Lipinski definition) is 3. The van der Waals surface area contributed by atoms with Gasteiger partial charge in [0, 0.05) is 64.1 Å². The minimum absolute atomic E-state index is 0.0484. The number of unbranched alkanes of at least 4 members (excludes halogenated alkanes) is 2. The molecule has 0 unspecified atom stereocenters. The van der Waals surface area contributed by atoms with Crippen LogP contribution in [0.1, 0.15) is 71.9 Å². The van der Waals surface area contributed by atoms with E-state index in [1.807, 2.05) is 17.7 Å². The van der Waals surface area contributed by atoms with Gasteiger partial charge in [-0.05, 0) is 55.5 Å². The summed E-state index contributed by atoms with van der Waals surface area (Å²) in [6, 6.07) is 12.5. The summed E-state index contributed by atoms with van der Waals surface area (Å²) < 4.78 is 2.03. The van der Waals surface area contributed by atoms with Gasteiger partial charge in [0.05, 0.1) is 0 Å². The lowest BCUT2D eigenvalue weighted by Gasteiger charge is -2.11. The number of rotatable bonds is 12. The molecular weight excluding hydrogens is 473 g/mol. The highest BCUT2D eigenvalue weighted by Crippen LogP contribution is 2.31. The van der Waals surface area contributed by atoms with Crippen molar-refractivity contribution in [3.8, 4) is 0 Å². The Hall–Kier alpha value is -2.63. The Morgan fingerprint density at radius 3 is 2.38 bits per heavy atom. The van der Waals surface area contributed by atoms with Crippen LogP contribution >= 0.6 is 23.2 Å². The Morgan fingerprint density at radius 1 is 0.941 bits per heavy atom. The molecule has 0 aliphatic carbocycles. The lowest BCUT2D eigenvalue weighted by Crippen LogP contribution is -2.12. The van der Waals surface area contributed by atoms with Gasteiger partial charge in [-0.15, -0.1) is 0 Å². The average Bonchev–Trinajstić information content (AvgIpc) is 3.03. The Bertz CT molecular complexity index is 1210. The first-order valence-corrected chi connectivity index (χ1v) is 12.2. The summed E-state index contributed by atoms with van der Waals surface area (Å²) >= 11 is 12.2. The van der Waals surface area contributed by atoms with Gasteiger partial charge in [-0.25, -0.2) is 0 Å². The fraction of sp³-hybridized carbons (Fsp3) is 0.370. The number of aliphatic carboxylic acids is 1. The summed E-state index contributed by atoms with van der Waals surface area (Å²) in [6.07, 6.45) is 3.67. The normalized spacial score (nSPS) is 12.1. The van der Waals surface area contributed by atoms with Crippen molar-refractivity contribution < 1.29 is 19.5 Å². The molecule has 0 spiro atoms. The van der Waals surface area contributed by atoms with Crippen molar-refractivity contribution in [3.05, 3.63) is 69.3 Å². The van der Waals surface area contributed by atoms with Crippen LogP contribution in [0.2, 0.25) is 10.0 Å². The molecule has 0 aliphatic rings. The van der Waals surface area contributed by atoms with Crippen LogP contribution in [0, 0.1) is 5.92 Å². The minimum atomic E-state index is -0.909. The van der Waals surface area contributed by atoms with Gasteiger partial charge in [-0.1, -0.05) is 48.7 Å². The van der Waals surface area contributed by atoms with Gasteiger partial charge in [0.1, 0.15) is 0 Å². The number of carbonyl (C=O) groups excluding carboxylic acids is 2. The van der Waals surface area contributed by atoms with E-state index in [9.17, 15) is 14.4 Å². The van der Waals surface area contributed by atoms with E-state index >= 15 is 0 Å². The first-order chi connectivity index (χ1) is 16.2. The van der Waals surface area contributed by atoms with E-state index in [4.69, 9.17) is 28.3 Å². The minimum Gasteiger partial charge on any atom is -0.481 e. The molecule has 1 N–H and O–H groups in total. The largest absolute Gasteiger partial charge is 0.481 e. The highest BCUT2D eigenvalue weighted by atomic mass is 35.5. The molecule has 0 saturated carbocycles. The van der Waals surface area contributed by atoms with Crippen LogP contribution in [0.3, 0.4) is 0 Å². The second-order valence-corrected chi connectivity index (χ2v) is 9.74. The molecule has 34 heavy (non-hydrogen) atoms. The van der Waals surface area contributed by atoms with E-state index in [0.29, 0.717) is 34.0 Å². The zero-order chi connectivity index (χ0) is 24.8. The maximum Gasteiger partial charge on any atom is 0.303 e. The predicted octanol–water partition coefficient (Wildman–Crippen LogP) is 7.15. The van der Waals surface area contributed by atoms with Crippen molar-refractivity contribution in [2.24, 2.45) is 13.0 Å². The van der Waals surface area contributed by atoms with E-state index < -0.39 is 5.97 Å². The van der Waals surface area contributed by atoms with Gasteiger partial charge in [-0.2, -0.15) is 0 Å².